The van der Waals surface area contributed by atoms with E-state index in [0.717, 1.165) is 14.4 Å². The minimum atomic E-state index is 0.640. The molecule has 5 heteroatoms. The van der Waals surface area contributed by atoms with E-state index >= 15 is 0 Å². The molecule has 1 heterocycles. The molecular weight excluding hydrogens is 280 g/mol. The summed E-state index contributed by atoms with van der Waals surface area (Å²) in [6, 6.07) is 8.87. The van der Waals surface area contributed by atoms with Gasteiger partial charge in [-0.15, -0.1) is 22.8 Å². The van der Waals surface area contributed by atoms with Crippen LogP contribution in [0.3, 0.4) is 0 Å². The maximum absolute atomic E-state index is 4.16. The van der Waals surface area contributed by atoms with Crippen LogP contribution in [0.1, 0.15) is 37.3 Å². The number of nitrogens with zero attached hydrogens (tertiary/aromatic N) is 2. The lowest BCUT2D eigenvalue weighted by Crippen LogP contribution is -1.91. The lowest BCUT2D eigenvalue weighted by molar-refractivity contribution is 0.733. The van der Waals surface area contributed by atoms with Crippen LogP contribution in [0.15, 0.2) is 32.9 Å². The third kappa shape index (κ3) is 3.73. The SMILES string of the molecule is CCC(C)c1ccc(CSc2nnc(S)s2)cc1. The predicted octanol–water partition coefficient (Wildman–Crippen LogP) is 4.63. The van der Waals surface area contributed by atoms with Crippen molar-refractivity contribution in [1.29, 1.82) is 0 Å². The molecule has 0 saturated heterocycles. The molecule has 2 rings (SSSR count). The normalized spacial score (nSPS) is 12.6. The molecule has 0 saturated carbocycles. The Morgan fingerprint density at radius 2 is 2.00 bits per heavy atom. The first kappa shape index (κ1) is 13.9. The van der Waals surface area contributed by atoms with E-state index in [0.29, 0.717) is 5.92 Å². The second-order valence-corrected chi connectivity index (χ2v) is 7.12. The first-order valence-electron chi connectivity index (χ1n) is 5.93. The fraction of sp³-hybridized carbons (Fsp3) is 0.385. The summed E-state index contributed by atoms with van der Waals surface area (Å²) in [5.41, 5.74) is 2.74. The summed E-state index contributed by atoms with van der Waals surface area (Å²) < 4.78 is 1.70. The third-order valence-corrected chi connectivity index (χ3v) is 5.21. The fourth-order valence-electron chi connectivity index (χ4n) is 1.58. The molecule has 1 unspecified atom stereocenters. The molecule has 2 nitrogen and oxygen atoms in total. The Balaban J connectivity index is 1.94. The highest BCUT2D eigenvalue weighted by Gasteiger charge is 2.04. The predicted molar refractivity (Wildman–Crippen MR) is 81.9 cm³/mol. The monoisotopic (exact) mass is 296 g/mol. The van der Waals surface area contributed by atoms with Crippen molar-refractivity contribution >= 4 is 35.7 Å². The molecule has 0 N–H and O–H groups in total. The van der Waals surface area contributed by atoms with Crippen LogP contribution in [-0.2, 0) is 5.75 Å². The highest BCUT2D eigenvalue weighted by molar-refractivity contribution is 8.00. The molecule has 2 aromatic rings. The molecule has 0 aliphatic carbocycles. The summed E-state index contributed by atoms with van der Waals surface area (Å²) in [7, 11) is 0. The standard InChI is InChI=1S/C13H16N2S3/c1-3-9(2)11-6-4-10(5-7-11)8-17-13-15-14-12(16)18-13/h4-7,9H,3,8H2,1-2H3,(H,14,16). The quantitative estimate of drug-likeness (QED) is 0.643. The molecule has 0 fully saturated rings. The van der Waals surface area contributed by atoms with Crippen molar-refractivity contribution in [3.63, 3.8) is 0 Å². The topological polar surface area (TPSA) is 25.8 Å². The van der Waals surface area contributed by atoms with Crippen LogP contribution in [0.25, 0.3) is 0 Å². The molecule has 0 amide bonds. The molecule has 1 aromatic heterocycles. The van der Waals surface area contributed by atoms with Crippen molar-refractivity contribution in [1.82, 2.24) is 10.2 Å². The van der Waals surface area contributed by atoms with E-state index in [1.54, 1.807) is 11.8 Å². The molecule has 1 atom stereocenters. The highest BCUT2D eigenvalue weighted by atomic mass is 32.2. The maximum Gasteiger partial charge on any atom is 0.175 e. The lowest BCUT2D eigenvalue weighted by Gasteiger charge is -2.09. The van der Waals surface area contributed by atoms with Crippen molar-refractivity contribution in [2.24, 2.45) is 0 Å². The zero-order valence-corrected chi connectivity index (χ0v) is 13.0. The molecule has 0 spiro atoms. The summed E-state index contributed by atoms with van der Waals surface area (Å²) in [5, 5.41) is 7.93. The lowest BCUT2D eigenvalue weighted by atomic mass is 9.98. The molecular formula is C13H16N2S3. The minimum Gasteiger partial charge on any atom is -0.131 e. The summed E-state index contributed by atoms with van der Waals surface area (Å²) in [5.74, 6) is 1.57. The number of thioether (sulfide) groups is 1. The van der Waals surface area contributed by atoms with Crippen LogP contribution < -0.4 is 0 Å². The van der Waals surface area contributed by atoms with E-state index in [9.17, 15) is 0 Å². The number of thiol groups is 1. The van der Waals surface area contributed by atoms with Gasteiger partial charge >= 0.3 is 0 Å². The van der Waals surface area contributed by atoms with Crippen LogP contribution in [0, 0.1) is 0 Å². The maximum atomic E-state index is 4.16. The zero-order valence-electron chi connectivity index (χ0n) is 10.5. The number of benzene rings is 1. The van der Waals surface area contributed by atoms with Crippen LogP contribution >= 0.6 is 35.7 Å². The molecule has 18 heavy (non-hydrogen) atoms. The zero-order chi connectivity index (χ0) is 13.0. The van der Waals surface area contributed by atoms with Gasteiger partial charge in [0.25, 0.3) is 0 Å². The van der Waals surface area contributed by atoms with Gasteiger partial charge in [0.05, 0.1) is 0 Å². The summed E-state index contributed by atoms with van der Waals surface area (Å²) in [6.45, 7) is 4.48. The molecule has 1 aromatic carbocycles. The van der Waals surface area contributed by atoms with E-state index in [4.69, 9.17) is 0 Å². The Kier molecular flexibility index (Phi) is 5.09. The Bertz CT molecular complexity index is 493. The van der Waals surface area contributed by atoms with Crippen molar-refractivity contribution in [2.75, 3.05) is 0 Å². The number of rotatable bonds is 5. The van der Waals surface area contributed by atoms with Crippen molar-refractivity contribution in [3.05, 3.63) is 35.4 Å². The van der Waals surface area contributed by atoms with E-state index in [-0.39, 0.29) is 0 Å². The van der Waals surface area contributed by atoms with E-state index in [1.165, 1.54) is 28.9 Å². The van der Waals surface area contributed by atoms with Gasteiger partial charge < -0.3 is 0 Å². The van der Waals surface area contributed by atoms with E-state index < -0.39 is 0 Å². The third-order valence-electron chi connectivity index (χ3n) is 2.92. The Morgan fingerprint density at radius 3 is 2.56 bits per heavy atom. The van der Waals surface area contributed by atoms with Crippen molar-refractivity contribution < 1.29 is 0 Å². The van der Waals surface area contributed by atoms with Crippen molar-refractivity contribution in [3.8, 4) is 0 Å². The van der Waals surface area contributed by atoms with Crippen LogP contribution in [0.2, 0.25) is 0 Å². The minimum absolute atomic E-state index is 0.640. The Morgan fingerprint density at radius 1 is 1.28 bits per heavy atom. The molecule has 0 aliphatic rings. The van der Waals surface area contributed by atoms with E-state index in [2.05, 4.69) is 60.9 Å². The Hall–Kier alpha value is -0.520. The molecule has 0 aliphatic heterocycles. The van der Waals surface area contributed by atoms with Gasteiger partial charge in [-0.25, -0.2) is 0 Å². The second kappa shape index (κ2) is 6.59. The van der Waals surface area contributed by atoms with Gasteiger partial charge in [0.1, 0.15) is 0 Å². The largest absolute Gasteiger partial charge is 0.175 e. The Labute approximate surface area is 122 Å². The number of aromatic nitrogens is 2. The molecule has 96 valence electrons. The van der Waals surface area contributed by atoms with Gasteiger partial charge in [-0.2, -0.15) is 0 Å². The summed E-state index contributed by atoms with van der Waals surface area (Å²) in [6.07, 6.45) is 1.18. The van der Waals surface area contributed by atoms with Gasteiger partial charge in [-0.1, -0.05) is 61.2 Å². The second-order valence-electron chi connectivity index (χ2n) is 4.19. The average molecular weight is 296 g/mol. The highest BCUT2D eigenvalue weighted by Crippen LogP contribution is 2.28. The van der Waals surface area contributed by atoms with Crippen LogP contribution in [0.4, 0.5) is 0 Å². The smallest absolute Gasteiger partial charge is 0.131 e. The average Bonchev–Trinajstić information content (AvgIpc) is 2.82. The van der Waals surface area contributed by atoms with Gasteiger partial charge in [0.15, 0.2) is 8.68 Å². The fourth-order valence-corrected chi connectivity index (χ4v) is 3.62. The summed E-state index contributed by atoms with van der Waals surface area (Å²) in [4.78, 5) is 0. The first-order chi connectivity index (χ1) is 8.69. The summed E-state index contributed by atoms with van der Waals surface area (Å²) >= 11 is 7.40. The van der Waals surface area contributed by atoms with Gasteiger partial charge in [-0.3, -0.25) is 0 Å². The first-order valence-corrected chi connectivity index (χ1v) is 8.18. The van der Waals surface area contributed by atoms with Gasteiger partial charge in [-0.05, 0) is 23.5 Å². The van der Waals surface area contributed by atoms with Gasteiger partial charge in [0, 0.05) is 5.75 Å². The van der Waals surface area contributed by atoms with Crippen LogP contribution in [0.5, 0.6) is 0 Å². The molecule has 0 bridgehead atoms. The van der Waals surface area contributed by atoms with Crippen LogP contribution in [-0.4, -0.2) is 10.2 Å². The van der Waals surface area contributed by atoms with Gasteiger partial charge in [0.2, 0.25) is 0 Å². The van der Waals surface area contributed by atoms with Crippen molar-refractivity contribution in [2.45, 2.75) is 40.6 Å². The van der Waals surface area contributed by atoms with E-state index in [1.807, 2.05) is 0 Å². The number of hydrogen-bond donors (Lipinski definition) is 1. The molecule has 0 radical (unpaired) electrons. The number of hydrogen-bond acceptors (Lipinski definition) is 5.